The number of rotatable bonds is 7. The van der Waals surface area contributed by atoms with E-state index in [0.29, 0.717) is 29.4 Å². The predicted octanol–water partition coefficient (Wildman–Crippen LogP) is 2.98. The Labute approximate surface area is 129 Å². The van der Waals surface area contributed by atoms with E-state index in [-0.39, 0.29) is 6.61 Å². The Morgan fingerprint density at radius 1 is 1.29 bits per heavy atom. The molecule has 1 heterocycles. The first-order chi connectivity index (χ1) is 10.1. The average Bonchev–Trinajstić information content (AvgIpc) is 2.92. The van der Waals surface area contributed by atoms with E-state index >= 15 is 0 Å². The van der Waals surface area contributed by atoms with Crippen LogP contribution in [0.25, 0.3) is 11.5 Å². The van der Waals surface area contributed by atoms with Crippen LogP contribution in [-0.2, 0) is 6.54 Å². The summed E-state index contributed by atoms with van der Waals surface area (Å²) in [6.45, 7) is 5.73. The minimum atomic E-state index is 0.178. The molecule has 0 aliphatic heterocycles. The predicted molar refractivity (Wildman–Crippen MR) is 82.0 cm³/mol. The maximum absolute atomic E-state index is 8.95. The molecule has 5 nitrogen and oxygen atoms in total. The molecular weight excluding hydrogens is 290 g/mol. The summed E-state index contributed by atoms with van der Waals surface area (Å²) < 4.78 is 5.70. The molecule has 0 saturated carbocycles. The molecule has 0 aliphatic carbocycles. The molecule has 2 aromatic rings. The van der Waals surface area contributed by atoms with Crippen molar-refractivity contribution in [2.24, 2.45) is 0 Å². The topological polar surface area (TPSA) is 62.4 Å². The molecule has 0 spiro atoms. The Kier molecular flexibility index (Phi) is 5.73. The minimum absolute atomic E-state index is 0.178. The largest absolute Gasteiger partial charge is 0.419 e. The fourth-order valence-electron chi connectivity index (χ4n) is 2.03. The Bertz CT molecular complexity index is 572. The van der Waals surface area contributed by atoms with Gasteiger partial charge < -0.3 is 9.52 Å². The normalized spacial score (nSPS) is 11.5. The minimum Gasteiger partial charge on any atom is -0.419 e. The lowest BCUT2D eigenvalue weighted by molar-refractivity contribution is 0.171. The van der Waals surface area contributed by atoms with E-state index in [9.17, 15) is 0 Å². The summed E-state index contributed by atoms with van der Waals surface area (Å²) in [5.74, 6) is 0.984. The van der Waals surface area contributed by atoms with Crippen LogP contribution < -0.4 is 0 Å². The maximum Gasteiger partial charge on any atom is 0.249 e. The van der Waals surface area contributed by atoms with Crippen molar-refractivity contribution in [1.82, 2.24) is 15.1 Å². The molecule has 1 aromatic heterocycles. The van der Waals surface area contributed by atoms with Crippen molar-refractivity contribution in [3.8, 4) is 11.5 Å². The second kappa shape index (κ2) is 7.54. The van der Waals surface area contributed by atoms with Crippen LogP contribution in [0.4, 0.5) is 0 Å². The number of halogens is 1. The number of hydrogen-bond donors (Lipinski definition) is 1. The Balaban J connectivity index is 2.10. The summed E-state index contributed by atoms with van der Waals surface area (Å²) in [6, 6.07) is 7.73. The van der Waals surface area contributed by atoms with Gasteiger partial charge in [0.05, 0.1) is 17.1 Å². The maximum atomic E-state index is 8.95. The van der Waals surface area contributed by atoms with Gasteiger partial charge in [0.2, 0.25) is 11.8 Å². The van der Waals surface area contributed by atoms with Gasteiger partial charge in [0.15, 0.2) is 0 Å². The van der Waals surface area contributed by atoms with Gasteiger partial charge in [-0.1, -0.05) is 23.7 Å². The zero-order valence-corrected chi connectivity index (χ0v) is 13.0. The van der Waals surface area contributed by atoms with E-state index in [1.54, 1.807) is 6.07 Å². The fraction of sp³-hybridized carbons (Fsp3) is 0.467. The number of hydrogen-bond acceptors (Lipinski definition) is 5. The van der Waals surface area contributed by atoms with Crippen molar-refractivity contribution in [3.63, 3.8) is 0 Å². The van der Waals surface area contributed by atoms with Gasteiger partial charge in [0, 0.05) is 19.2 Å². The van der Waals surface area contributed by atoms with Gasteiger partial charge in [-0.25, -0.2) is 0 Å². The van der Waals surface area contributed by atoms with Crippen molar-refractivity contribution < 1.29 is 9.52 Å². The molecule has 6 heteroatoms. The summed E-state index contributed by atoms with van der Waals surface area (Å²) in [5, 5.41) is 17.7. The number of benzene rings is 1. The third-order valence-electron chi connectivity index (χ3n) is 3.24. The van der Waals surface area contributed by atoms with Crippen molar-refractivity contribution in [2.45, 2.75) is 32.9 Å². The highest BCUT2D eigenvalue weighted by molar-refractivity contribution is 6.33. The number of aliphatic hydroxyl groups is 1. The van der Waals surface area contributed by atoms with Crippen molar-refractivity contribution in [2.75, 3.05) is 13.2 Å². The standard InChI is InChI=1S/C15H20ClN3O2/c1-11(2)19(8-5-9-20)10-14-17-18-15(21-14)12-6-3-4-7-13(12)16/h3-4,6-7,11,20H,5,8-10H2,1-2H3. The van der Waals surface area contributed by atoms with Crippen molar-refractivity contribution in [3.05, 3.63) is 35.2 Å². The lowest BCUT2D eigenvalue weighted by Gasteiger charge is -2.24. The quantitative estimate of drug-likeness (QED) is 0.852. The van der Waals surface area contributed by atoms with Gasteiger partial charge in [-0.3, -0.25) is 4.90 Å². The molecule has 1 aromatic carbocycles. The molecule has 0 aliphatic rings. The average molecular weight is 310 g/mol. The van der Waals surface area contributed by atoms with Crippen LogP contribution in [0.1, 0.15) is 26.2 Å². The first-order valence-corrected chi connectivity index (χ1v) is 7.41. The SMILES string of the molecule is CC(C)N(CCCO)Cc1nnc(-c2ccccc2Cl)o1. The van der Waals surface area contributed by atoms with Crippen LogP contribution in [0.2, 0.25) is 5.02 Å². The van der Waals surface area contributed by atoms with Crippen LogP contribution >= 0.6 is 11.6 Å². The number of aromatic nitrogens is 2. The van der Waals surface area contributed by atoms with Crippen molar-refractivity contribution in [1.29, 1.82) is 0 Å². The van der Waals surface area contributed by atoms with E-state index in [1.807, 2.05) is 18.2 Å². The Morgan fingerprint density at radius 2 is 2.05 bits per heavy atom. The van der Waals surface area contributed by atoms with Gasteiger partial charge in [-0.15, -0.1) is 10.2 Å². The van der Waals surface area contributed by atoms with Crippen LogP contribution in [0.15, 0.2) is 28.7 Å². The lowest BCUT2D eigenvalue weighted by Crippen LogP contribution is -2.31. The molecule has 0 radical (unpaired) electrons. The monoisotopic (exact) mass is 309 g/mol. The van der Waals surface area contributed by atoms with Crippen LogP contribution in [-0.4, -0.2) is 39.4 Å². The smallest absolute Gasteiger partial charge is 0.249 e. The zero-order valence-electron chi connectivity index (χ0n) is 12.3. The van der Waals surface area contributed by atoms with E-state index < -0.39 is 0 Å². The Morgan fingerprint density at radius 3 is 2.71 bits per heavy atom. The molecule has 1 N–H and O–H groups in total. The highest BCUT2D eigenvalue weighted by Crippen LogP contribution is 2.26. The first kappa shape index (κ1) is 15.9. The van der Waals surface area contributed by atoms with E-state index in [4.69, 9.17) is 21.1 Å². The van der Waals surface area contributed by atoms with E-state index in [1.165, 1.54) is 0 Å². The van der Waals surface area contributed by atoms with Gasteiger partial charge in [0.25, 0.3) is 0 Å². The second-order valence-electron chi connectivity index (χ2n) is 5.12. The van der Waals surface area contributed by atoms with Gasteiger partial charge in [-0.2, -0.15) is 0 Å². The van der Waals surface area contributed by atoms with Crippen molar-refractivity contribution >= 4 is 11.6 Å². The van der Waals surface area contributed by atoms with E-state index in [0.717, 1.165) is 18.5 Å². The molecule has 0 atom stereocenters. The third kappa shape index (κ3) is 4.27. The Hall–Kier alpha value is -1.43. The molecule has 114 valence electrons. The summed E-state index contributed by atoms with van der Waals surface area (Å²) in [7, 11) is 0. The molecule has 2 rings (SSSR count). The number of aliphatic hydroxyl groups excluding tert-OH is 1. The molecular formula is C15H20ClN3O2. The van der Waals surface area contributed by atoms with Gasteiger partial charge >= 0.3 is 0 Å². The highest BCUT2D eigenvalue weighted by atomic mass is 35.5. The van der Waals surface area contributed by atoms with Crippen LogP contribution in [0.5, 0.6) is 0 Å². The molecule has 21 heavy (non-hydrogen) atoms. The third-order valence-corrected chi connectivity index (χ3v) is 3.57. The summed E-state index contributed by atoms with van der Waals surface area (Å²) >= 11 is 6.13. The summed E-state index contributed by atoms with van der Waals surface area (Å²) in [5.41, 5.74) is 0.740. The fourth-order valence-corrected chi connectivity index (χ4v) is 2.24. The lowest BCUT2D eigenvalue weighted by atomic mass is 10.2. The highest BCUT2D eigenvalue weighted by Gasteiger charge is 2.16. The van der Waals surface area contributed by atoms with Crippen LogP contribution in [0.3, 0.4) is 0 Å². The van der Waals surface area contributed by atoms with Gasteiger partial charge in [0.1, 0.15) is 0 Å². The molecule has 0 bridgehead atoms. The molecule has 0 amide bonds. The molecule has 0 saturated heterocycles. The number of nitrogens with zero attached hydrogens (tertiary/aromatic N) is 3. The second-order valence-corrected chi connectivity index (χ2v) is 5.53. The van der Waals surface area contributed by atoms with Crippen LogP contribution in [0, 0.1) is 0 Å². The zero-order chi connectivity index (χ0) is 15.2. The molecule has 0 fully saturated rings. The molecule has 0 unspecified atom stereocenters. The van der Waals surface area contributed by atoms with E-state index in [2.05, 4.69) is 28.9 Å². The summed E-state index contributed by atoms with van der Waals surface area (Å²) in [4.78, 5) is 2.18. The first-order valence-electron chi connectivity index (χ1n) is 7.04. The summed E-state index contributed by atoms with van der Waals surface area (Å²) in [6.07, 6.45) is 0.726. The van der Waals surface area contributed by atoms with Gasteiger partial charge in [-0.05, 0) is 32.4 Å².